The molecule has 0 spiro atoms. The van der Waals surface area contributed by atoms with E-state index in [9.17, 15) is 9.90 Å². The van der Waals surface area contributed by atoms with Crippen LogP contribution < -0.4 is 0 Å². The third-order valence-corrected chi connectivity index (χ3v) is 1.33. The first-order valence-electron chi connectivity index (χ1n) is 4.27. The minimum atomic E-state index is -1.36. The molecule has 13 heavy (non-hydrogen) atoms. The lowest BCUT2D eigenvalue weighted by atomic mass is 10.1. The largest absolute Gasteiger partial charge is 0.481 e. The molecule has 0 heterocycles. The number of carboxylic acids is 1. The molecule has 78 valence electrons. The summed E-state index contributed by atoms with van der Waals surface area (Å²) in [4.78, 5) is 10.2. The summed E-state index contributed by atoms with van der Waals surface area (Å²) in [6.45, 7) is 6.90. The predicted octanol–water partition coefficient (Wildman–Crippen LogP) is 1.37. The maximum Gasteiger partial charge on any atom is 0.303 e. The maximum atomic E-state index is 10.2. The van der Waals surface area contributed by atoms with Gasteiger partial charge >= 0.3 is 5.97 Å². The first-order valence-corrected chi connectivity index (χ1v) is 4.27. The topological polar surface area (TPSA) is 66.8 Å². The molecule has 4 nitrogen and oxygen atoms in total. The van der Waals surface area contributed by atoms with Crippen LogP contribution in [-0.2, 0) is 9.53 Å². The zero-order valence-electron chi connectivity index (χ0n) is 8.63. The second-order valence-electron chi connectivity index (χ2n) is 4.28. The molecule has 0 aliphatic rings. The van der Waals surface area contributed by atoms with Gasteiger partial charge in [0.25, 0.3) is 0 Å². The molecule has 2 N–H and O–H groups in total. The molecular weight excluding hydrogens is 172 g/mol. The summed E-state index contributed by atoms with van der Waals surface area (Å²) in [6, 6.07) is 0. The fraction of sp³-hybridized carbons (Fsp3) is 0.889. The Balaban J connectivity index is 4.01. The van der Waals surface area contributed by atoms with Crippen LogP contribution in [0.2, 0.25) is 0 Å². The van der Waals surface area contributed by atoms with Gasteiger partial charge in [-0.05, 0) is 27.7 Å². The number of carboxylic acid groups (broad SMARTS) is 1. The first kappa shape index (κ1) is 12.4. The Morgan fingerprint density at radius 1 is 1.31 bits per heavy atom. The Hall–Kier alpha value is -0.610. The van der Waals surface area contributed by atoms with E-state index in [0.29, 0.717) is 0 Å². The van der Waals surface area contributed by atoms with Gasteiger partial charge < -0.3 is 14.9 Å². The average Bonchev–Trinajstić information content (AvgIpc) is 1.78. The van der Waals surface area contributed by atoms with Crippen molar-refractivity contribution in [3.8, 4) is 0 Å². The summed E-state index contributed by atoms with van der Waals surface area (Å²) < 4.78 is 5.27. The highest BCUT2D eigenvalue weighted by Crippen LogP contribution is 2.21. The quantitative estimate of drug-likeness (QED) is 0.657. The fourth-order valence-corrected chi connectivity index (χ4v) is 1.05. The molecule has 4 heteroatoms. The Labute approximate surface area is 78.5 Å². The number of carbonyl (C=O) groups is 1. The van der Waals surface area contributed by atoms with Crippen molar-refractivity contribution in [2.45, 2.75) is 51.9 Å². The molecule has 0 fully saturated rings. The van der Waals surface area contributed by atoms with Crippen molar-refractivity contribution in [1.29, 1.82) is 0 Å². The summed E-state index contributed by atoms with van der Waals surface area (Å²) in [7, 11) is 0. The first-order chi connectivity index (χ1) is 5.62. The minimum Gasteiger partial charge on any atom is -0.481 e. The molecule has 0 amide bonds. The van der Waals surface area contributed by atoms with Crippen LogP contribution in [0, 0.1) is 0 Å². The van der Waals surface area contributed by atoms with E-state index in [-0.39, 0.29) is 12.8 Å². The molecule has 1 unspecified atom stereocenters. The van der Waals surface area contributed by atoms with Gasteiger partial charge in [-0.25, -0.2) is 0 Å². The van der Waals surface area contributed by atoms with Crippen LogP contribution in [0.4, 0.5) is 0 Å². The average molecular weight is 190 g/mol. The number of hydrogen-bond acceptors (Lipinski definition) is 3. The molecule has 0 bridgehead atoms. The van der Waals surface area contributed by atoms with Gasteiger partial charge in [0, 0.05) is 6.42 Å². The van der Waals surface area contributed by atoms with Crippen molar-refractivity contribution in [3.05, 3.63) is 0 Å². The third kappa shape index (κ3) is 7.74. The van der Waals surface area contributed by atoms with Crippen molar-refractivity contribution in [2.75, 3.05) is 0 Å². The van der Waals surface area contributed by atoms with Crippen molar-refractivity contribution in [2.24, 2.45) is 0 Å². The number of ether oxygens (including phenoxy) is 1. The molecular formula is C9H18O4. The maximum absolute atomic E-state index is 10.2. The number of hydrogen-bond donors (Lipinski definition) is 2. The van der Waals surface area contributed by atoms with Crippen LogP contribution in [0.1, 0.15) is 40.5 Å². The van der Waals surface area contributed by atoms with Crippen LogP contribution >= 0.6 is 0 Å². The highest BCUT2D eigenvalue weighted by Gasteiger charge is 2.28. The van der Waals surface area contributed by atoms with Gasteiger partial charge in [0.2, 0.25) is 0 Å². The summed E-state index contributed by atoms with van der Waals surface area (Å²) >= 11 is 0. The summed E-state index contributed by atoms with van der Waals surface area (Å²) in [5.74, 6) is -2.30. The van der Waals surface area contributed by atoms with E-state index in [1.807, 2.05) is 20.8 Å². The lowest BCUT2D eigenvalue weighted by Gasteiger charge is -2.31. The van der Waals surface area contributed by atoms with Crippen molar-refractivity contribution in [1.82, 2.24) is 0 Å². The van der Waals surface area contributed by atoms with Gasteiger partial charge in [-0.15, -0.1) is 0 Å². The van der Waals surface area contributed by atoms with E-state index in [4.69, 9.17) is 9.84 Å². The molecule has 0 aliphatic heterocycles. The number of rotatable bonds is 4. The van der Waals surface area contributed by atoms with Gasteiger partial charge in [-0.2, -0.15) is 0 Å². The lowest BCUT2D eigenvalue weighted by Crippen LogP contribution is -2.37. The standard InChI is InChI=1S/C9H18O4/c1-8(2,3)13-9(4,12)6-5-7(10)11/h12H,5-6H2,1-4H3,(H,10,11). The van der Waals surface area contributed by atoms with E-state index in [2.05, 4.69) is 0 Å². The highest BCUT2D eigenvalue weighted by molar-refractivity contribution is 5.66. The molecule has 0 saturated heterocycles. The van der Waals surface area contributed by atoms with E-state index in [1.165, 1.54) is 6.92 Å². The highest BCUT2D eigenvalue weighted by atomic mass is 16.6. The molecule has 0 rings (SSSR count). The monoisotopic (exact) mass is 190 g/mol. The van der Waals surface area contributed by atoms with E-state index in [1.54, 1.807) is 0 Å². The smallest absolute Gasteiger partial charge is 0.303 e. The molecule has 0 aromatic rings. The third-order valence-electron chi connectivity index (χ3n) is 1.33. The number of aliphatic hydroxyl groups is 1. The minimum absolute atomic E-state index is 0.0942. The molecule has 0 aromatic carbocycles. The van der Waals surface area contributed by atoms with Gasteiger partial charge in [0.05, 0.1) is 12.0 Å². The molecule has 0 saturated carbocycles. The zero-order valence-corrected chi connectivity index (χ0v) is 8.63. The van der Waals surface area contributed by atoms with Crippen LogP contribution in [0.5, 0.6) is 0 Å². The van der Waals surface area contributed by atoms with Crippen LogP contribution in [0.15, 0.2) is 0 Å². The zero-order chi connectivity index (χ0) is 10.7. The van der Waals surface area contributed by atoms with Gasteiger partial charge in [0.15, 0.2) is 5.79 Å². The van der Waals surface area contributed by atoms with Crippen molar-refractivity contribution >= 4 is 5.97 Å². The Bertz CT molecular complexity index is 179. The molecule has 0 aromatic heterocycles. The number of aliphatic carboxylic acids is 1. The molecule has 0 aliphatic carbocycles. The Morgan fingerprint density at radius 3 is 2.08 bits per heavy atom. The summed E-state index contributed by atoms with van der Waals surface area (Å²) in [5, 5.41) is 18.0. The molecule has 1 atom stereocenters. The van der Waals surface area contributed by atoms with Crippen LogP contribution in [-0.4, -0.2) is 27.6 Å². The Kier molecular flexibility index (Phi) is 3.88. The van der Waals surface area contributed by atoms with Crippen molar-refractivity contribution < 1.29 is 19.7 Å². The molecule has 0 radical (unpaired) electrons. The summed E-state index contributed by atoms with van der Waals surface area (Å²) in [5.41, 5.74) is -0.470. The van der Waals surface area contributed by atoms with Gasteiger partial charge in [0.1, 0.15) is 0 Å². The lowest BCUT2D eigenvalue weighted by molar-refractivity contribution is -0.245. The van der Waals surface area contributed by atoms with E-state index < -0.39 is 17.4 Å². The van der Waals surface area contributed by atoms with Gasteiger partial charge in [-0.3, -0.25) is 4.79 Å². The second-order valence-corrected chi connectivity index (χ2v) is 4.28. The summed E-state index contributed by atoms with van der Waals surface area (Å²) in [6.07, 6.45) is 0.00266. The van der Waals surface area contributed by atoms with Gasteiger partial charge in [-0.1, -0.05) is 0 Å². The predicted molar refractivity (Wildman–Crippen MR) is 48.3 cm³/mol. The van der Waals surface area contributed by atoms with Crippen LogP contribution in [0.3, 0.4) is 0 Å². The van der Waals surface area contributed by atoms with Crippen molar-refractivity contribution in [3.63, 3.8) is 0 Å². The fourth-order valence-electron chi connectivity index (χ4n) is 1.05. The van der Waals surface area contributed by atoms with E-state index >= 15 is 0 Å². The second kappa shape index (κ2) is 4.07. The Morgan fingerprint density at radius 2 is 1.77 bits per heavy atom. The SMILES string of the molecule is CC(C)(C)OC(C)(O)CCC(=O)O. The normalized spacial score (nSPS) is 16.7. The van der Waals surface area contributed by atoms with Crippen LogP contribution in [0.25, 0.3) is 0 Å². The van der Waals surface area contributed by atoms with E-state index in [0.717, 1.165) is 0 Å².